The van der Waals surface area contributed by atoms with Crippen LogP contribution in [0.4, 0.5) is 0 Å². The van der Waals surface area contributed by atoms with Crippen molar-refractivity contribution < 1.29 is 9.53 Å². The van der Waals surface area contributed by atoms with Crippen molar-refractivity contribution >= 4 is 5.91 Å². The third-order valence-corrected chi connectivity index (χ3v) is 5.29. The smallest absolute Gasteiger partial charge is 0.223 e. The van der Waals surface area contributed by atoms with E-state index in [1.54, 1.807) is 7.11 Å². The number of aromatic amines is 1. The highest BCUT2D eigenvalue weighted by Crippen LogP contribution is 2.31. The highest BCUT2D eigenvalue weighted by molar-refractivity contribution is 5.77. The Morgan fingerprint density at radius 3 is 2.68 bits per heavy atom. The van der Waals surface area contributed by atoms with Gasteiger partial charge in [-0.3, -0.25) is 9.89 Å². The van der Waals surface area contributed by atoms with Crippen LogP contribution in [0.2, 0.25) is 0 Å². The predicted octanol–water partition coefficient (Wildman–Crippen LogP) is 3.54. The molecule has 1 aliphatic heterocycles. The van der Waals surface area contributed by atoms with Gasteiger partial charge in [0, 0.05) is 31.1 Å². The van der Waals surface area contributed by atoms with Gasteiger partial charge >= 0.3 is 0 Å². The van der Waals surface area contributed by atoms with Crippen LogP contribution in [-0.2, 0) is 4.79 Å². The molecule has 2 heterocycles. The fourth-order valence-corrected chi connectivity index (χ4v) is 3.91. The molecule has 0 radical (unpaired) electrons. The van der Waals surface area contributed by atoms with Gasteiger partial charge in [-0.25, -0.2) is 0 Å². The third-order valence-electron chi connectivity index (χ3n) is 5.29. The summed E-state index contributed by atoms with van der Waals surface area (Å²) in [5.41, 5.74) is 4.52. The minimum Gasteiger partial charge on any atom is -0.497 e. The molecular weight excluding hydrogens is 314 g/mol. The lowest BCUT2D eigenvalue weighted by Crippen LogP contribution is -2.29. The Morgan fingerprint density at radius 2 is 2.08 bits per heavy atom. The molecule has 1 N–H and O–H groups in total. The van der Waals surface area contributed by atoms with Gasteiger partial charge in [0.05, 0.1) is 12.8 Å². The molecule has 5 heteroatoms. The number of methoxy groups -OCH3 is 1. The van der Waals surface area contributed by atoms with E-state index in [0.29, 0.717) is 12.3 Å². The molecule has 2 atom stereocenters. The summed E-state index contributed by atoms with van der Waals surface area (Å²) < 4.78 is 5.22. The minimum absolute atomic E-state index is 0.186. The maximum absolute atomic E-state index is 12.7. The zero-order valence-electron chi connectivity index (χ0n) is 15.5. The van der Waals surface area contributed by atoms with E-state index in [-0.39, 0.29) is 11.8 Å². The molecule has 1 amide bonds. The molecular formula is C20H27N3O2. The maximum Gasteiger partial charge on any atom is 0.223 e. The molecule has 1 aromatic carbocycles. The van der Waals surface area contributed by atoms with Gasteiger partial charge in [-0.1, -0.05) is 19.1 Å². The minimum atomic E-state index is 0.186. The largest absolute Gasteiger partial charge is 0.497 e. The van der Waals surface area contributed by atoms with Crippen LogP contribution in [0, 0.1) is 13.8 Å². The van der Waals surface area contributed by atoms with Crippen molar-refractivity contribution in [3.63, 3.8) is 0 Å². The van der Waals surface area contributed by atoms with Crippen molar-refractivity contribution in [1.82, 2.24) is 15.1 Å². The zero-order chi connectivity index (χ0) is 18.0. The van der Waals surface area contributed by atoms with Gasteiger partial charge in [0.1, 0.15) is 5.75 Å². The number of benzene rings is 1. The molecule has 3 rings (SSSR count). The number of H-pyrrole nitrogens is 1. The predicted molar refractivity (Wildman–Crippen MR) is 98.0 cm³/mol. The van der Waals surface area contributed by atoms with Gasteiger partial charge in [0.15, 0.2) is 0 Å². The van der Waals surface area contributed by atoms with Crippen LogP contribution in [0.25, 0.3) is 0 Å². The zero-order valence-corrected chi connectivity index (χ0v) is 15.5. The van der Waals surface area contributed by atoms with E-state index in [1.165, 1.54) is 11.1 Å². The molecule has 134 valence electrons. The number of hydrogen-bond acceptors (Lipinski definition) is 3. The second-order valence-electron chi connectivity index (χ2n) is 7.05. The average molecular weight is 341 g/mol. The number of aryl methyl sites for hydroxylation is 2. The molecule has 1 fully saturated rings. The summed E-state index contributed by atoms with van der Waals surface area (Å²) in [6, 6.07) is 8.20. The van der Waals surface area contributed by atoms with Crippen LogP contribution >= 0.6 is 0 Å². The normalized spacial score (nSPS) is 18.4. The molecule has 25 heavy (non-hydrogen) atoms. The first-order chi connectivity index (χ1) is 12.0. The van der Waals surface area contributed by atoms with E-state index in [9.17, 15) is 4.79 Å². The SMILES string of the molecule is COc1ccc(C2CCN(C(=O)CC(C)c3c(C)n[nH]c3C)C2)cc1. The molecule has 0 spiro atoms. The first kappa shape index (κ1) is 17.5. The Kier molecular flexibility index (Phi) is 5.11. The quantitative estimate of drug-likeness (QED) is 0.905. The molecule has 1 aromatic heterocycles. The fourth-order valence-electron chi connectivity index (χ4n) is 3.91. The second-order valence-corrected chi connectivity index (χ2v) is 7.05. The van der Waals surface area contributed by atoms with E-state index in [0.717, 1.165) is 36.6 Å². The van der Waals surface area contributed by atoms with Crippen LogP contribution in [0.5, 0.6) is 5.75 Å². The van der Waals surface area contributed by atoms with E-state index in [2.05, 4.69) is 29.3 Å². The van der Waals surface area contributed by atoms with Crippen LogP contribution in [0.1, 0.15) is 54.1 Å². The molecule has 2 aromatic rings. The Hall–Kier alpha value is -2.30. The summed E-state index contributed by atoms with van der Waals surface area (Å²) in [6.07, 6.45) is 1.56. The number of ether oxygens (including phenoxy) is 1. The first-order valence-electron chi connectivity index (χ1n) is 8.92. The molecule has 0 aliphatic carbocycles. The van der Waals surface area contributed by atoms with Crippen molar-refractivity contribution in [2.24, 2.45) is 0 Å². The standard InChI is InChI=1S/C20H27N3O2/c1-13(20-14(2)21-22-15(20)3)11-19(24)23-10-9-17(12-23)16-5-7-18(25-4)8-6-16/h5-8,13,17H,9-12H2,1-4H3,(H,21,22). The van der Waals surface area contributed by atoms with Gasteiger partial charge in [0.25, 0.3) is 0 Å². The highest BCUT2D eigenvalue weighted by atomic mass is 16.5. The van der Waals surface area contributed by atoms with Gasteiger partial charge in [0.2, 0.25) is 5.91 Å². The van der Waals surface area contributed by atoms with E-state index in [1.807, 2.05) is 30.9 Å². The summed E-state index contributed by atoms with van der Waals surface area (Å²) in [7, 11) is 1.68. The third kappa shape index (κ3) is 3.70. The Morgan fingerprint density at radius 1 is 1.36 bits per heavy atom. The number of carbonyl (C=O) groups excluding carboxylic acids is 1. The molecule has 5 nitrogen and oxygen atoms in total. The van der Waals surface area contributed by atoms with E-state index >= 15 is 0 Å². The number of carbonyl (C=O) groups is 1. The van der Waals surface area contributed by atoms with Gasteiger partial charge in [-0.2, -0.15) is 5.10 Å². The Bertz CT molecular complexity index is 716. The van der Waals surface area contributed by atoms with Crippen LogP contribution in [0.15, 0.2) is 24.3 Å². The summed E-state index contributed by atoms with van der Waals surface area (Å²) in [5.74, 6) is 1.71. The van der Waals surface area contributed by atoms with Gasteiger partial charge in [-0.15, -0.1) is 0 Å². The van der Waals surface area contributed by atoms with Crippen molar-refractivity contribution in [2.75, 3.05) is 20.2 Å². The monoisotopic (exact) mass is 341 g/mol. The maximum atomic E-state index is 12.7. The first-order valence-corrected chi connectivity index (χ1v) is 8.92. The van der Waals surface area contributed by atoms with Gasteiger partial charge < -0.3 is 9.64 Å². The lowest BCUT2D eigenvalue weighted by Gasteiger charge is -2.20. The number of rotatable bonds is 5. The summed E-state index contributed by atoms with van der Waals surface area (Å²) in [5, 5.41) is 7.26. The van der Waals surface area contributed by atoms with Crippen LogP contribution in [-0.4, -0.2) is 41.2 Å². The topological polar surface area (TPSA) is 58.2 Å². The van der Waals surface area contributed by atoms with Crippen molar-refractivity contribution in [2.45, 2.75) is 45.4 Å². The molecule has 1 saturated heterocycles. The lowest BCUT2D eigenvalue weighted by molar-refractivity contribution is -0.130. The average Bonchev–Trinajstić information content (AvgIpc) is 3.22. The Labute approximate surface area is 149 Å². The van der Waals surface area contributed by atoms with E-state index < -0.39 is 0 Å². The number of hydrogen-bond donors (Lipinski definition) is 1. The Balaban J connectivity index is 1.60. The van der Waals surface area contributed by atoms with Crippen LogP contribution in [0.3, 0.4) is 0 Å². The van der Waals surface area contributed by atoms with Crippen molar-refractivity contribution in [1.29, 1.82) is 0 Å². The summed E-state index contributed by atoms with van der Waals surface area (Å²) in [4.78, 5) is 14.7. The molecule has 0 saturated carbocycles. The van der Waals surface area contributed by atoms with Crippen molar-refractivity contribution in [3.05, 3.63) is 46.8 Å². The van der Waals surface area contributed by atoms with Gasteiger partial charge in [-0.05, 0) is 49.4 Å². The number of aromatic nitrogens is 2. The highest BCUT2D eigenvalue weighted by Gasteiger charge is 2.29. The number of nitrogens with zero attached hydrogens (tertiary/aromatic N) is 2. The number of nitrogens with one attached hydrogen (secondary N) is 1. The number of amides is 1. The molecule has 0 bridgehead atoms. The summed E-state index contributed by atoms with van der Waals surface area (Å²) >= 11 is 0. The van der Waals surface area contributed by atoms with E-state index in [4.69, 9.17) is 4.74 Å². The molecule has 2 unspecified atom stereocenters. The fraction of sp³-hybridized carbons (Fsp3) is 0.500. The van der Waals surface area contributed by atoms with Crippen LogP contribution < -0.4 is 4.74 Å². The second kappa shape index (κ2) is 7.30. The number of likely N-dealkylation sites (tertiary alicyclic amines) is 1. The molecule has 1 aliphatic rings. The summed E-state index contributed by atoms with van der Waals surface area (Å²) in [6.45, 7) is 7.77. The lowest BCUT2D eigenvalue weighted by atomic mass is 9.95. The van der Waals surface area contributed by atoms with Crippen molar-refractivity contribution in [3.8, 4) is 5.75 Å².